The first kappa shape index (κ1) is 22.2. The van der Waals surface area contributed by atoms with Crippen LogP contribution >= 0.6 is 11.6 Å². The van der Waals surface area contributed by atoms with Gasteiger partial charge in [-0.15, -0.1) is 0 Å². The number of halogens is 2. The SMILES string of the molecule is CCn1nc2ccc(-c3[nH]nc4nc(N5[C@H]6CC[C@@H]5[C@@H](F)[C@@H](N)C6)c(CO)nc34)c(Cl)c2c1C#N. The van der Waals surface area contributed by atoms with Gasteiger partial charge in [0.05, 0.1) is 34.3 Å². The molecule has 4 aromatic rings. The average molecular weight is 496 g/mol. The van der Waals surface area contributed by atoms with E-state index in [2.05, 4.69) is 26.3 Å². The second kappa shape index (κ2) is 8.12. The Bertz CT molecular complexity index is 1510. The van der Waals surface area contributed by atoms with E-state index in [0.717, 1.165) is 6.42 Å². The first-order valence-corrected chi connectivity index (χ1v) is 12.0. The van der Waals surface area contributed by atoms with Crippen LogP contribution in [0.5, 0.6) is 0 Å². The van der Waals surface area contributed by atoms with E-state index in [1.807, 2.05) is 11.8 Å². The number of aromatic amines is 1. The van der Waals surface area contributed by atoms with Crippen LogP contribution in [0, 0.1) is 11.3 Å². The summed E-state index contributed by atoms with van der Waals surface area (Å²) in [6.45, 7) is 2.07. The van der Waals surface area contributed by atoms with Crippen LogP contribution in [0.15, 0.2) is 12.1 Å². The number of H-pyrrole nitrogens is 1. The highest BCUT2D eigenvalue weighted by molar-refractivity contribution is 6.38. The number of hydrogen-bond donors (Lipinski definition) is 3. The van der Waals surface area contributed by atoms with E-state index in [1.165, 1.54) is 0 Å². The Morgan fingerprint density at radius 1 is 1.34 bits per heavy atom. The molecule has 0 spiro atoms. The fourth-order valence-electron chi connectivity index (χ4n) is 5.60. The summed E-state index contributed by atoms with van der Waals surface area (Å²) in [6, 6.07) is 4.93. The van der Waals surface area contributed by atoms with E-state index in [1.54, 1.807) is 16.8 Å². The van der Waals surface area contributed by atoms with Crippen molar-refractivity contribution >= 4 is 39.5 Å². The summed E-state index contributed by atoms with van der Waals surface area (Å²) >= 11 is 6.78. The number of aliphatic hydroxyl groups is 1. The monoisotopic (exact) mass is 495 g/mol. The number of piperidine rings is 1. The minimum absolute atomic E-state index is 0.0498. The Balaban J connectivity index is 1.50. The standard InChI is InChI=1S/C23H23ClFN9O/c1-2-33-16(8-26)17-13(32-33)5-4-11(18(17)24)20-21-22(31-30-20)29-23(14(9-35)28-21)34-10-3-6-15(34)19(25)12(27)7-10/h4-5,10,12,15,19,35H,2-3,6-7,9,27H2,1H3,(H,29,30,31)/t10-,12-,15+,19-/m0/s1. The summed E-state index contributed by atoms with van der Waals surface area (Å²) in [5.41, 5.74) is 9.21. The molecule has 12 heteroatoms. The number of nitrogens with one attached hydrogen (secondary N) is 1. The quantitative estimate of drug-likeness (QED) is 0.391. The number of aromatic nitrogens is 6. The van der Waals surface area contributed by atoms with E-state index in [9.17, 15) is 14.8 Å². The Morgan fingerprint density at radius 3 is 2.91 bits per heavy atom. The number of aryl methyl sites for hydroxylation is 1. The van der Waals surface area contributed by atoms with Gasteiger partial charge in [-0.2, -0.15) is 15.5 Å². The van der Waals surface area contributed by atoms with E-state index < -0.39 is 18.3 Å². The summed E-state index contributed by atoms with van der Waals surface area (Å²) in [6.07, 6.45) is 0.850. The molecule has 2 bridgehead atoms. The third kappa shape index (κ3) is 3.14. The molecule has 0 unspecified atom stereocenters. The van der Waals surface area contributed by atoms with E-state index >= 15 is 0 Å². The zero-order chi connectivity index (χ0) is 24.4. The van der Waals surface area contributed by atoms with Crippen LogP contribution in [0.2, 0.25) is 5.02 Å². The molecule has 2 aliphatic rings. The van der Waals surface area contributed by atoms with Crippen molar-refractivity contribution in [1.29, 1.82) is 5.26 Å². The van der Waals surface area contributed by atoms with Gasteiger partial charge in [-0.25, -0.2) is 14.4 Å². The number of benzene rings is 1. The van der Waals surface area contributed by atoms with Gasteiger partial charge in [-0.1, -0.05) is 11.6 Å². The van der Waals surface area contributed by atoms with Gasteiger partial charge in [0, 0.05) is 24.2 Å². The largest absolute Gasteiger partial charge is 0.390 e. The fraction of sp³-hybridized carbons (Fsp3) is 0.435. The molecule has 0 amide bonds. The van der Waals surface area contributed by atoms with Gasteiger partial charge in [0.25, 0.3) is 0 Å². The second-order valence-corrected chi connectivity index (χ2v) is 9.45. The Kier molecular flexibility index (Phi) is 5.14. The van der Waals surface area contributed by atoms with Crippen LogP contribution in [0.3, 0.4) is 0 Å². The van der Waals surface area contributed by atoms with Gasteiger partial charge >= 0.3 is 0 Å². The number of alkyl halides is 1. The van der Waals surface area contributed by atoms with Crippen LogP contribution in [0.4, 0.5) is 10.2 Å². The zero-order valence-corrected chi connectivity index (χ0v) is 19.7. The van der Waals surface area contributed by atoms with Gasteiger partial charge < -0.3 is 15.7 Å². The molecule has 10 nitrogen and oxygen atoms in total. The summed E-state index contributed by atoms with van der Waals surface area (Å²) in [5.74, 6) is 0.442. The third-order valence-electron chi connectivity index (χ3n) is 7.22. The van der Waals surface area contributed by atoms with E-state index in [0.29, 0.717) is 74.9 Å². The van der Waals surface area contributed by atoms with Gasteiger partial charge in [0.15, 0.2) is 5.82 Å². The molecule has 1 aromatic carbocycles. The van der Waals surface area contributed by atoms with Gasteiger partial charge in [-0.05, 0) is 38.3 Å². The summed E-state index contributed by atoms with van der Waals surface area (Å²) in [4.78, 5) is 11.3. The minimum Gasteiger partial charge on any atom is -0.390 e. The molecule has 0 radical (unpaired) electrons. The van der Waals surface area contributed by atoms with Gasteiger partial charge in [-0.3, -0.25) is 9.78 Å². The highest BCUT2D eigenvalue weighted by atomic mass is 35.5. The van der Waals surface area contributed by atoms with E-state index in [4.69, 9.17) is 22.3 Å². The lowest BCUT2D eigenvalue weighted by atomic mass is 9.96. The van der Waals surface area contributed by atoms with Crippen LogP contribution in [0.25, 0.3) is 33.3 Å². The molecule has 0 saturated carbocycles. The van der Waals surface area contributed by atoms with Crippen molar-refractivity contribution in [2.24, 2.45) is 5.73 Å². The first-order valence-electron chi connectivity index (χ1n) is 11.6. The number of rotatable bonds is 4. The Labute approximate surface area is 204 Å². The molecule has 2 saturated heterocycles. The molecule has 3 aromatic heterocycles. The number of anilines is 1. The topological polar surface area (TPSA) is 146 Å². The van der Waals surface area contributed by atoms with Crippen LogP contribution in [0.1, 0.15) is 37.6 Å². The van der Waals surface area contributed by atoms with Crippen molar-refractivity contribution < 1.29 is 9.50 Å². The average Bonchev–Trinajstić information content (AvgIpc) is 3.54. The minimum atomic E-state index is -1.17. The molecule has 6 rings (SSSR count). The van der Waals surface area contributed by atoms with Crippen LogP contribution < -0.4 is 10.6 Å². The molecule has 0 aliphatic carbocycles. The Morgan fingerprint density at radius 2 is 2.17 bits per heavy atom. The zero-order valence-electron chi connectivity index (χ0n) is 18.9. The van der Waals surface area contributed by atoms with Crippen molar-refractivity contribution in [3.63, 3.8) is 0 Å². The fourth-order valence-corrected chi connectivity index (χ4v) is 5.94. The molecule has 4 atom stereocenters. The number of fused-ring (bicyclic) bond motifs is 4. The number of nitriles is 1. The molecule has 180 valence electrons. The number of hydrogen-bond acceptors (Lipinski definition) is 8. The van der Waals surface area contributed by atoms with Gasteiger partial charge in [0.2, 0.25) is 5.65 Å². The summed E-state index contributed by atoms with van der Waals surface area (Å²) < 4.78 is 16.5. The predicted octanol–water partition coefficient (Wildman–Crippen LogP) is 2.81. The van der Waals surface area contributed by atoms with Crippen molar-refractivity contribution in [2.45, 2.75) is 63.6 Å². The maximum absolute atomic E-state index is 14.9. The number of nitrogens with two attached hydrogens (primary N) is 1. The molecule has 4 N–H and O–H groups in total. The first-order chi connectivity index (χ1) is 17.0. The lowest BCUT2D eigenvalue weighted by molar-refractivity contribution is 0.202. The van der Waals surface area contributed by atoms with Crippen LogP contribution in [-0.4, -0.2) is 59.3 Å². The smallest absolute Gasteiger partial charge is 0.202 e. The molecule has 35 heavy (non-hydrogen) atoms. The molecule has 2 aliphatic heterocycles. The van der Waals surface area contributed by atoms with Crippen molar-refractivity contribution in [3.8, 4) is 17.3 Å². The summed E-state index contributed by atoms with van der Waals surface area (Å²) in [5, 5.41) is 32.5. The molecular weight excluding hydrogens is 473 g/mol. The van der Waals surface area contributed by atoms with Crippen LogP contribution in [-0.2, 0) is 13.2 Å². The summed E-state index contributed by atoms with van der Waals surface area (Å²) in [7, 11) is 0. The van der Waals surface area contributed by atoms with Gasteiger partial charge in [0.1, 0.15) is 29.1 Å². The molecule has 5 heterocycles. The van der Waals surface area contributed by atoms with Crippen molar-refractivity contribution in [2.75, 3.05) is 4.90 Å². The maximum Gasteiger partial charge on any atom is 0.202 e. The lowest BCUT2D eigenvalue weighted by Crippen LogP contribution is -2.56. The predicted molar refractivity (Wildman–Crippen MR) is 129 cm³/mol. The number of nitrogens with zero attached hydrogens (tertiary/aromatic N) is 7. The molecular formula is C23H23ClFN9O. The van der Waals surface area contributed by atoms with E-state index in [-0.39, 0.29) is 12.6 Å². The third-order valence-corrected chi connectivity index (χ3v) is 7.61. The Hall–Kier alpha value is -3.33. The van der Waals surface area contributed by atoms with Crippen molar-refractivity contribution in [3.05, 3.63) is 28.5 Å². The number of aliphatic hydroxyl groups excluding tert-OH is 1. The highest BCUT2D eigenvalue weighted by Gasteiger charge is 2.48. The normalized spacial score (nSPS) is 23.9. The second-order valence-electron chi connectivity index (χ2n) is 9.07. The van der Waals surface area contributed by atoms with Crippen molar-refractivity contribution in [1.82, 2.24) is 29.9 Å². The highest BCUT2D eigenvalue weighted by Crippen LogP contribution is 2.42. The molecule has 2 fully saturated rings. The maximum atomic E-state index is 14.9. The lowest BCUT2D eigenvalue weighted by Gasteiger charge is -2.41.